The number of nitrogens with one attached hydrogen (secondary N) is 2. The molecule has 4 rings (SSSR count). The van der Waals surface area contributed by atoms with E-state index in [1.165, 1.54) is 54.7 Å². The Morgan fingerprint density at radius 3 is 2.28 bits per heavy atom. The molecule has 2 N–H and O–H groups in total. The fraction of sp³-hybridized carbons (Fsp3) is 0. The number of halogens is 3. The quantitative estimate of drug-likeness (QED) is 0.0977. The Labute approximate surface area is 242 Å². The number of sulfonamides is 1. The van der Waals surface area contributed by atoms with Crippen molar-refractivity contribution < 1.29 is 22.7 Å². The molecular formula is C27H18BrCl2N3O5S. The third-order valence-corrected chi connectivity index (χ3v) is 7.63. The van der Waals surface area contributed by atoms with E-state index < -0.39 is 21.9 Å². The molecule has 0 heterocycles. The summed E-state index contributed by atoms with van der Waals surface area (Å²) < 4.78 is 33.7. The number of hydrazone groups is 1. The Morgan fingerprint density at radius 1 is 0.897 bits per heavy atom. The summed E-state index contributed by atoms with van der Waals surface area (Å²) in [6, 6.07) is 22.9. The van der Waals surface area contributed by atoms with Gasteiger partial charge >= 0.3 is 5.97 Å². The molecule has 0 bridgehead atoms. The van der Waals surface area contributed by atoms with Crippen molar-refractivity contribution in [1.29, 1.82) is 0 Å². The van der Waals surface area contributed by atoms with E-state index in [4.69, 9.17) is 27.9 Å². The van der Waals surface area contributed by atoms with Crippen molar-refractivity contribution in [1.82, 2.24) is 5.43 Å². The number of hydrogen-bond donors (Lipinski definition) is 2. The minimum atomic E-state index is -3.82. The van der Waals surface area contributed by atoms with Gasteiger partial charge in [0.1, 0.15) is 5.75 Å². The summed E-state index contributed by atoms with van der Waals surface area (Å²) in [5.74, 6) is -0.977. The van der Waals surface area contributed by atoms with Crippen LogP contribution in [0.4, 0.5) is 5.69 Å². The second-order valence-electron chi connectivity index (χ2n) is 7.89. The number of nitrogens with zero attached hydrogens (tertiary/aromatic N) is 1. The van der Waals surface area contributed by atoms with Crippen molar-refractivity contribution in [2.75, 3.05) is 4.72 Å². The van der Waals surface area contributed by atoms with Crippen LogP contribution in [0.5, 0.6) is 5.75 Å². The SMILES string of the molecule is O=C(NN=Cc1cc(Br)ccc1OC(=O)c1ccccc1Cl)c1ccc(NS(=O)(=O)c2ccc(Cl)cc2)cc1. The molecule has 4 aromatic rings. The van der Waals surface area contributed by atoms with Crippen LogP contribution in [-0.2, 0) is 10.0 Å². The van der Waals surface area contributed by atoms with Crippen molar-refractivity contribution in [3.05, 3.63) is 122 Å². The predicted molar refractivity (Wildman–Crippen MR) is 154 cm³/mol. The van der Waals surface area contributed by atoms with E-state index in [0.717, 1.165) is 0 Å². The first-order valence-electron chi connectivity index (χ1n) is 11.1. The first-order chi connectivity index (χ1) is 18.6. The lowest BCUT2D eigenvalue weighted by atomic mass is 10.2. The van der Waals surface area contributed by atoms with E-state index >= 15 is 0 Å². The summed E-state index contributed by atoms with van der Waals surface area (Å²) in [5.41, 5.74) is 3.51. The molecule has 0 aromatic heterocycles. The number of amides is 1. The van der Waals surface area contributed by atoms with E-state index in [9.17, 15) is 18.0 Å². The normalized spacial score (nSPS) is 11.3. The molecule has 0 spiro atoms. The minimum Gasteiger partial charge on any atom is -0.422 e. The van der Waals surface area contributed by atoms with Gasteiger partial charge in [0.15, 0.2) is 0 Å². The predicted octanol–water partition coefficient (Wildman–Crippen LogP) is 6.54. The third kappa shape index (κ3) is 7.45. The van der Waals surface area contributed by atoms with Gasteiger partial charge in [-0.15, -0.1) is 0 Å². The average Bonchev–Trinajstić information content (AvgIpc) is 2.90. The maximum Gasteiger partial charge on any atom is 0.345 e. The van der Waals surface area contributed by atoms with Crippen LogP contribution in [-0.4, -0.2) is 26.5 Å². The molecule has 0 saturated carbocycles. The fourth-order valence-electron chi connectivity index (χ4n) is 3.24. The summed E-state index contributed by atoms with van der Waals surface area (Å²) in [5, 5.41) is 4.63. The van der Waals surface area contributed by atoms with Gasteiger partial charge in [-0.05, 0) is 78.9 Å². The summed E-state index contributed by atoms with van der Waals surface area (Å²) in [6.07, 6.45) is 1.33. The van der Waals surface area contributed by atoms with Crippen molar-refractivity contribution in [2.24, 2.45) is 5.10 Å². The van der Waals surface area contributed by atoms with Crippen LogP contribution in [0.15, 0.2) is 105 Å². The van der Waals surface area contributed by atoms with Gasteiger partial charge in [-0.3, -0.25) is 9.52 Å². The highest BCUT2D eigenvalue weighted by molar-refractivity contribution is 9.10. The topological polar surface area (TPSA) is 114 Å². The number of benzene rings is 4. The summed E-state index contributed by atoms with van der Waals surface area (Å²) >= 11 is 15.3. The maximum atomic E-state index is 12.6. The third-order valence-electron chi connectivity index (χ3n) is 5.16. The number of rotatable bonds is 8. The van der Waals surface area contributed by atoms with Crippen LogP contribution in [0.3, 0.4) is 0 Å². The van der Waals surface area contributed by atoms with Crippen LogP contribution < -0.4 is 14.9 Å². The Kier molecular flexibility index (Phi) is 9.03. The number of carbonyl (C=O) groups excluding carboxylic acids is 2. The van der Waals surface area contributed by atoms with Gasteiger partial charge < -0.3 is 4.74 Å². The highest BCUT2D eigenvalue weighted by atomic mass is 79.9. The minimum absolute atomic E-state index is 0.0486. The second-order valence-corrected chi connectivity index (χ2v) is 11.3. The van der Waals surface area contributed by atoms with E-state index in [0.29, 0.717) is 15.1 Å². The largest absolute Gasteiger partial charge is 0.422 e. The summed E-state index contributed by atoms with van der Waals surface area (Å²) in [4.78, 5) is 25.2. The van der Waals surface area contributed by atoms with Gasteiger partial charge in [-0.2, -0.15) is 5.10 Å². The Hall–Kier alpha value is -3.70. The molecule has 12 heteroatoms. The average molecular weight is 647 g/mol. The first-order valence-corrected chi connectivity index (χ1v) is 14.1. The molecule has 0 atom stereocenters. The number of carbonyl (C=O) groups is 2. The van der Waals surface area contributed by atoms with Gasteiger partial charge in [0.25, 0.3) is 15.9 Å². The molecule has 198 valence electrons. The molecule has 0 aliphatic carbocycles. The molecule has 0 saturated heterocycles. The Bertz CT molecular complexity index is 1660. The highest BCUT2D eigenvalue weighted by Crippen LogP contribution is 2.24. The van der Waals surface area contributed by atoms with Crippen LogP contribution in [0.25, 0.3) is 0 Å². The highest BCUT2D eigenvalue weighted by Gasteiger charge is 2.16. The van der Waals surface area contributed by atoms with Crippen LogP contribution in [0.1, 0.15) is 26.3 Å². The second kappa shape index (κ2) is 12.4. The molecule has 39 heavy (non-hydrogen) atoms. The zero-order valence-corrected chi connectivity index (χ0v) is 23.7. The standard InChI is InChI=1S/C27H18BrCl2N3O5S/c28-19-7-14-25(38-27(35)23-3-1-2-4-24(23)30)18(15-19)16-31-32-26(34)17-5-10-21(11-6-17)33-39(36,37)22-12-8-20(29)9-13-22/h1-16,33H,(H,32,34). The Balaban J connectivity index is 1.41. The van der Waals surface area contributed by atoms with E-state index in [1.807, 2.05) is 0 Å². The Morgan fingerprint density at radius 2 is 1.59 bits per heavy atom. The lowest BCUT2D eigenvalue weighted by Gasteiger charge is -2.09. The molecule has 0 aliphatic rings. The molecule has 0 unspecified atom stereocenters. The van der Waals surface area contributed by atoms with Gasteiger partial charge in [0, 0.05) is 26.3 Å². The lowest BCUT2D eigenvalue weighted by Crippen LogP contribution is -2.18. The van der Waals surface area contributed by atoms with Crippen LogP contribution in [0, 0.1) is 0 Å². The summed E-state index contributed by atoms with van der Waals surface area (Å²) in [6.45, 7) is 0. The van der Waals surface area contributed by atoms with Gasteiger partial charge in [0.05, 0.1) is 21.7 Å². The number of anilines is 1. The van der Waals surface area contributed by atoms with Gasteiger partial charge in [-0.25, -0.2) is 18.6 Å². The molecule has 0 radical (unpaired) electrons. The van der Waals surface area contributed by atoms with Crippen molar-refractivity contribution in [3.63, 3.8) is 0 Å². The van der Waals surface area contributed by atoms with Crippen LogP contribution >= 0.6 is 39.1 Å². The monoisotopic (exact) mass is 645 g/mol. The van der Waals surface area contributed by atoms with E-state index in [1.54, 1.807) is 42.5 Å². The molecule has 0 aliphatic heterocycles. The molecule has 1 amide bonds. The van der Waals surface area contributed by atoms with Crippen molar-refractivity contribution in [2.45, 2.75) is 4.90 Å². The van der Waals surface area contributed by atoms with E-state index in [-0.39, 0.29) is 32.5 Å². The van der Waals surface area contributed by atoms with Crippen LogP contribution in [0.2, 0.25) is 10.0 Å². The zero-order chi connectivity index (χ0) is 28.0. The molecule has 8 nitrogen and oxygen atoms in total. The number of hydrogen-bond acceptors (Lipinski definition) is 6. The van der Waals surface area contributed by atoms with Gasteiger partial charge in [0.2, 0.25) is 0 Å². The maximum absolute atomic E-state index is 12.6. The summed E-state index contributed by atoms with van der Waals surface area (Å²) in [7, 11) is -3.82. The fourth-order valence-corrected chi connectivity index (χ4v) is 5.01. The van der Waals surface area contributed by atoms with Gasteiger partial charge in [-0.1, -0.05) is 51.3 Å². The molecule has 4 aromatic carbocycles. The number of ether oxygens (including phenoxy) is 1. The zero-order valence-electron chi connectivity index (χ0n) is 19.8. The molecule has 0 fully saturated rings. The number of esters is 1. The van der Waals surface area contributed by atoms with Crippen molar-refractivity contribution >= 4 is 72.9 Å². The first kappa shape index (κ1) is 28.3. The van der Waals surface area contributed by atoms with E-state index in [2.05, 4.69) is 31.2 Å². The lowest BCUT2D eigenvalue weighted by molar-refractivity contribution is 0.0734. The smallest absolute Gasteiger partial charge is 0.345 e. The van der Waals surface area contributed by atoms with Crippen molar-refractivity contribution in [3.8, 4) is 5.75 Å². The molecular weight excluding hydrogens is 629 g/mol.